The molecule has 0 heterocycles. The van der Waals surface area contributed by atoms with Gasteiger partial charge in [0.15, 0.2) is 0 Å². The molecule has 0 fully saturated rings. The van der Waals surface area contributed by atoms with Gasteiger partial charge in [0.2, 0.25) is 0 Å². The molecule has 1 aromatic rings. The van der Waals surface area contributed by atoms with Crippen LogP contribution in [0.5, 0.6) is 0 Å². The van der Waals surface area contributed by atoms with E-state index < -0.39 is 51.2 Å². The van der Waals surface area contributed by atoms with Crippen molar-refractivity contribution < 1.29 is 27.0 Å². The van der Waals surface area contributed by atoms with Crippen LogP contribution in [-0.4, -0.2) is 59.4 Å². The number of non-ortho nitro benzene ring substituents is 1. The second kappa shape index (κ2) is 8.64. The van der Waals surface area contributed by atoms with E-state index >= 15 is 0 Å². The third-order valence-corrected chi connectivity index (χ3v) is 5.17. The van der Waals surface area contributed by atoms with Gasteiger partial charge in [-0.2, -0.15) is 0 Å². The normalized spacial score (nSPS) is 10.8. The number of nitro benzene ring substituents is 1. The molecule has 98 valence electrons. The average molecular weight is 445 g/mol. The predicted octanol–water partition coefficient (Wildman–Crippen LogP) is -1.91. The van der Waals surface area contributed by atoms with E-state index in [1.165, 1.54) is 18.2 Å². The molecule has 1 aromatic carbocycles. The van der Waals surface area contributed by atoms with Crippen LogP contribution in [0.2, 0.25) is 0 Å². The van der Waals surface area contributed by atoms with Crippen LogP contribution in [0, 0.1) is 10.1 Å². The molecule has 0 atom stereocenters. The Morgan fingerprint density at radius 1 is 1.28 bits per heavy atom. The maximum absolute atomic E-state index is 10.7. The van der Waals surface area contributed by atoms with Crippen molar-refractivity contribution >= 4 is 56.3 Å². The van der Waals surface area contributed by atoms with Crippen LogP contribution >= 0.6 is 0 Å². The molecule has 0 saturated heterocycles. The van der Waals surface area contributed by atoms with Crippen LogP contribution in [0.25, 0.3) is 0 Å². The third-order valence-electron chi connectivity index (χ3n) is 1.44. The quantitative estimate of drug-likeness (QED) is 0.311. The maximum atomic E-state index is 10.7. The van der Waals surface area contributed by atoms with E-state index in [0.717, 1.165) is 6.07 Å². The second-order valence-electron chi connectivity index (χ2n) is 2.55. The number of nitro groups is 1. The number of hydrogen-bond donors (Lipinski definition) is 2. The Balaban J connectivity index is 0.000000494. The Morgan fingerprint density at radius 2 is 1.83 bits per heavy atom. The summed E-state index contributed by atoms with van der Waals surface area (Å²) in [5.74, 6) is 0. The van der Waals surface area contributed by atoms with Crippen molar-refractivity contribution in [3.05, 3.63) is 34.4 Å². The fourth-order valence-corrected chi connectivity index (χ4v) is 2.37. The molecular formula is C6H6As3NO8. The van der Waals surface area contributed by atoms with Crippen LogP contribution in [0.15, 0.2) is 24.3 Å². The SMILES string of the molecule is O=[As]O[As]=O.O=[N+]([O-])c1cccc([As](=O)(O)O)c1. The van der Waals surface area contributed by atoms with Crippen molar-refractivity contribution in [3.8, 4) is 0 Å². The monoisotopic (exact) mass is 445 g/mol. The van der Waals surface area contributed by atoms with Gasteiger partial charge in [0.05, 0.1) is 0 Å². The van der Waals surface area contributed by atoms with Gasteiger partial charge in [0.25, 0.3) is 0 Å². The Bertz CT molecular complexity index is 479. The first-order valence-corrected chi connectivity index (χ1v) is 10.4. The van der Waals surface area contributed by atoms with Gasteiger partial charge in [-0.3, -0.25) is 0 Å². The molecule has 18 heavy (non-hydrogen) atoms. The molecule has 2 N–H and O–H groups in total. The Morgan fingerprint density at radius 3 is 2.17 bits per heavy atom. The number of nitrogens with zero attached hydrogens (tertiary/aromatic N) is 1. The molecule has 0 aromatic heterocycles. The Hall–Kier alpha value is -0.425. The number of rotatable bonds is 4. The summed E-state index contributed by atoms with van der Waals surface area (Å²) in [5.41, 5.74) is -0.317. The topological polar surface area (TPSA) is 144 Å². The van der Waals surface area contributed by atoms with Gasteiger partial charge in [0, 0.05) is 0 Å². The van der Waals surface area contributed by atoms with Crippen LogP contribution in [0.3, 0.4) is 0 Å². The molecule has 0 aliphatic carbocycles. The second-order valence-corrected chi connectivity index (χ2v) is 8.67. The molecule has 0 spiro atoms. The summed E-state index contributed by atoms with van der Waals surface area (Å²) in [7, 11) is 0. The van der Waals surface area contributed by atoms with Crippen LogP contribution in [-0.2, 0) is 13.9 Å². The van der Waals surface area contributed by atoms with E-state index in [9.17, 15) is 21.3 Å². The zero-order chi connectivity index (χ0) is 14.2. The number of hydrogen-bond acceptors (Lipinski definition) is 6. The number of benzene rings is 1. The van der Waals surface area contributed by atoms with E-state index in [-0.39, 0.29) is 10.0 Å². The average Bonchev–Trinajstić information content (AvgIpc) is 2.30. The van der Waals surface area contributed by atoms with E-state index in [2.05, 4.69) is 2.72 Å². The van der Waals surface area contributed by atoms with E-state index in [1.807, 2.05) is 0 Å². The summed E-state index contributed by atoms with van der Waals surface area (Å²) in [4.78, 5) is 9.54. The zero-order valence-electron chi connectivity index (χ0n) is 8.44. The molecule has 0 radical (unpaired) electrons. The summed E-state index contributed by atoms with van der Waals surface area (Å²) < 4.78 is 50.3. The van der Waals surface area contributed by atoms with Crippen LogP contribution in [0.1, 0.15) is 0 Å². The van der Waals surface area contributed by atoms with Crippen molar-refractivity contribution in [1.82, 2.24) is 0 Å². The Kier molecular flexibility index (Phi) is 8.43. The van der Waals surface area contributed by atoms with Crippen LogP contribution < -0.4 is 4.35 Å². The zero-order valence-corrected chi connectivity index (χ0v) is 14.1. The van der Waals surface area contributed by atoms with Crippen LogP contribution in [0.4, 0.5) is 5.69 Å². The molecule has 12 heteroatoms. The molecule has 0 aliphatic heterocycles. The van der Waals surface area contributed by atoms with Gasteiger partial charge in [-0.15, -0.1) is 0 Å². The molecule has 0 unspecified atom stereocenters. The van der Waals surface area contributed by atoms with Crippen molar-refractivity contribution in [3.63, 3.8) is 0 Å². The Labute approximate surface area is 117 Å². The summed E-state index contributed by atoms with van der Waals surface area (Å²) >= 11 is -7.60. The first-order valence-electron chi connectivity index (χ1n) is 3.95. The van der Waals surface area contributed by atoms with Crippen molar-refractivity contribution in [2.45, 2.75) is 0 Å². The molecule has 9 nitrogen and oxygen atoms in total. The first-order chi connectivity index (χ1) is 8.32. The van der Waals surface area contributed by atoms with Crippen molar-refractivity contribution in [2.75, 3.05) is 0 Å². The van der Waals surface area contributed by atoms with Gasteiger partial charge >= 0.3 is 118 Å². The molecule has 0 saturated carbocycles. The molecular weight excluding hydrogens is 439 g/mol. The molecule has 1 rings (SSSR count). The summed E-state index contributed by atoms with van der Waals surface area (Å²) in [6, 6.07) is 4.48. The van der Waals surface area contributed by atoms with Gasteiger partial charge in [-0.25, -0.2) is 0 Å². The van der Waals surface area contributed by atoms with Gasteiger partial charge in [0.1, 0.15) is 0 Å². The van der Waals surface area contributed by atoms with Crippen molar-refractivity contribution in [1.29, 1.82) is 0 Å². The minimum absolute atomic E-state index is 0.285. The first kappa shape index (κ1) is 17.6. The molecule has 0 bridgehead atoms. The van der Waals surface area contributed by atoms with Gasteiger partial charge in [-0.05, 0) is 0 Å². The molecule has 0 amide bonds. The van der Waals surface area contributed by atoms with E-state index in [4.69, 9.17) is 8.19 Å². The van der Waals surface area contributed by atoms with Gasteiger partial charge < -0.3 is 0 Å². The standard InChI is InChI=1S/C6H6AsNO5.As2O3/c9-7(10,11)5-2-1-3-6(4-5)8(12)13;3-1-5-2-4/h1-4H,(H2,9,10,11);. The summed E-state index contributed by atoms with van der Waals surface area (Å²) in [5, 5.41) is 10.2. The van der Waals surface area contributed by atoms with E-state index in [0.29, 0.717) is 0 Å². The van der Waals surface area contributed by atoms with E-state index in [1.54, 1.807) is 0 Å². The molecule has 0 aliphatic rings. The third kappa shape index (κ3) is 7.11. The van der Waals surface area contributed by atoms with Crippen molar-refractivity contribution in [2.24, 2.45) is 0 Å². The fourth-order valence-electron chi connectivity index (χ4n) is 0.801. The predicted molar refractivity (Wildman–Crippen MR) is 57.6 cm³/mol. The minimum atomic E-state index is -4.99. The summed E-state index contributed by atoms with van der Waals surface area (Å²) in [6.07, 6.45) is 0. The van der Waals surface area contributed by atoms with Gasteiger partial charge in [-0.1, -0.05) is 0 Å². The fraction of sp³-hybridized carbons (Fsp3) is 0. The summed E-state index contributed by atoms with van der Waals surface area (Å²) in [6.45, 7) is 0.